The number of thioether (sulfide) groups is 1. The van der Waals surface area contributed by atoms with E-state index in [2.05, 4.69) is 22.5 Å². The number of carbonyl (C=O) groups excluding carboxylic acids is 1. The van der Waals surface area contributed by atoms with Crippen molar-refractivity contribution in [3.8, 4) is 0 Å². The minimum Gasteiger partial charge on any atom is -0.454 e. The molecule has 8 heteroatoms. The minimum atomic E-state index is -0.563. The summed E-state index contributed by atoms with van der Waals surface area (Å²) in [5.41, 5.74) is 5.17. The van der Waals surface area contributed by atoms with Crippen LogP contribution in [-0.2, 0) is 6.54 Å². The lowest BCUT2D eigenvalue weighted by Crippen LogP contribution is -2.43. The van der Waals surface area contributed by atoms with Gasteiger partial charge in [-0.15, -0.1) is 24.0 Å². The standard InChI is InChI=1S/C15H24N4O2S.HI/c1-3-17-14(19-10-15(2)7-4-8-22-15)18-9-11-5-6-12(21-11)13(16)20;/h5-6H,3-4,7-10H2,1-2H3,(H2,16,20)(H2,17,18,19);1H. The first-order valence-corrected chi connectivity index (χ1v) is 8.55. The Morgan fingerprint density at radius 1 is 1.48 bits per heavy atom. The number of primary amides is 1. The van der Waals surface area contributed by atoms with E-state index in [1.165, 1.54) is 18.6 Å². The molecule has 1 atom stereocenters. The Labute approximate surface area is 158 Å². The Kier molecular flexibility index (Phi) is 8.24. The maximum absolute atomic E-state index is 11.0. The van der Waals surface area contributed by atoms with Crippen LogP contribution in [0.2, 0.25) is 0 Å². The zero-order valence-electron chi connectivity index (χ0n) is 13.6. The van der Waals surface area contributed by atoms with Gasteiger partial charge in [-0.25, -0.2) is 4.99 Å². The summed E-state index contributed by atoms with van der Waals surface area (Å²) in [6.45, 7) is 6.36. The zero-order valence-corrected chi connectivity index (χ0v) is 16.7. The van der Waals surface area contributed by atoms with E-state index < -0.39 is 5.91 Å². The summed E-state index contributed by atoms with van der Waals surface area (Å²) in [5.74, 6) is 2.21. The number of nitrogens with zero attached hydrogens (tertiary/aromatic N) is 1. The van der Waals surface area contributed by atoms with Gasteiger partial charge in [-0.05, 0) is 44.6 Å². The van der Waals surface area contributed by atoms with Crippen molar-refractivity contribution in [2.45, 2.75) is 38.0 Å². The molecule has 0 aliphatic carbocycles. The molecule has 1 aliphatic rings. The highest BCUT2D eigenvalue weighted by atomic mass is 127. The van der Waals surface area contributed by atoms with E-state index in [0.29, 0.717) is 12.3 Å². The largest absolute Gasteiger partial charge is 0.454 e. The molecule has 23 heavy (non-hydrogen) atoms. The highest BCUT2D eigenvalue weighted by Gasteiger charge is 2.29. The molecule has 1 aliphatic heterocycles. The summed E-state index contributed by atoms with van der Waals surface area (Å²) in [6, 6.07) is 3.30. The predicted molar refractivity (Wildman–Crippen MR) is 106 cm³/mol. The summed E-state index contributed by atoms with van der Waals surface area (Å²) in [5, 5.41) is 6.61. The van der Waals surface area contributed by atoms with Gasteiger partial charge in [0.15, 0.2) is 11.7 Å². The van der Waals surface area contributed by atoms with Gasteiger partial charge in [0.05, 0.1) is 0 Å². The fraction of sp³-hybridized carbons (Fsp3) is 0.600. The molecule has 1 unspecified atom stereocenters. The van der Waals surface area contributed by atoms with E-state index in [-0.39, 0.29) is 34.5 Å². The van der Waals surface area contributed by atoms with Gasteiger partial charge in [0.2, 0.25) is 0 Å². The van der Waals surface area contributed by atoms with Gasteiger partial charge in [-0.2, -0.15) is 11.8 Å². The van der Waals surface area contributed by atoms with E-state index >= 15 is 0 Å². The van der Waals surface area contributed by atoms with E-state index in [9.17, 15) is 4.79 Å². The van der Waals surface area contributed by atoms with Crippen molar-refractivity contribution in [3.05, 3.63) is 23.7 Å². The molecule has 0 saturated carbocycles. The lowest BCUT2D eigenvalue weighted by molar-refractivity contribution is 0.0972. The Balaban J connectivity index is 0.00000264. The molecule has 6 nitrogen and oxygen atoms in total. The van der Waals surface area contributed by atoms with Crippen LogP contribution in [0.4, 0.5) is 0 Å². The van der Waals surface area contributed by atoms with Crippen molar-refractivity contribution in [1.29, 1.82) is 0 Å². The number of rotatable bonds is 6. The smallest absolute Gasteiger partial charge is 0.284 e. The lowest BCUT2D eigenvalue weighted by Gasteiger charge is -2.24. The van der Waals surface area contributed by atoms with Gasteiger partial charge in [0.25, 0.3) is 5.91 Å². The molecule has 1 aromatic rings. The van der Waals surface area contributed by atoms with Crippen molar-refractivity contribution >= 4 is 47.6 Å². The molecule has 2 rings (SSSR count). The molecule has 1 amide bonds. The zero-order chi connectivity index (χ0) is 16.0. The quantitative estimate of drug-likeness (QED) is 0.350. The summed E-state index contributed by atoms with van der Waals surface area (Å²) in [7, 11) is 0. The maximum atomic E-state index is 11.0. The van der Waals surface area contributed by atoms with Crippen LogP contribution in [0, 0.1) is 0 Å². The van der Waals surface area contributed by atoms with E-state index in [4.69, 9.17) is 10.2 Å². The van der Waals surface area contributed by atoms with Crippen LogP contribution in [0.1, 0.15) is 43.0 Å². The maximum Gasteiger partial charge on any atom is 0.284 e. The second kappa shape index (κ2) is 9.41. The highest BCUT2D eigenvalue weighted by molar-refractivity contribution is 14.0. The van der Waals surface area contributed by atoms with Gasteiger partial charge < -0.3 is 20.8 Å². The molecular weight excluding hydrogens is 427 g/mol. The average Bonchev–Trinajstić information content (AvgIpc) is 3.11. The lowest BCUT2D eigenvalue weighted by atomic mass is 10.1. The van der Waals surface area contributed by atoms with Crippen molar-refractivity contribution in [2.24, 2.45) is 10.7 Å². The molecule has 1 fully saturated rings. The Hall–Kier alpha value is -0.900. The third-order valence-corrected chi connectivity index (χ3v) is 5.11. The van der Waals surface area contributed by atoms with Crippen molar-refractivity contribution in [3.63, 3.8) is 0 Å². The van der Waals surface area contributed by atoms with Crippen molar-refractivity contribution < 1.29 is 9.21 Å². The van der Waals surface area contributed by atoms with E-state index in [1.807, 2.05) is 18.7 Å². The SMILES string of the molecule is CCNC(=NCc1ccc(C(N)=O)o1)NCC1(C)CCCS1.I. The highest BCUT2D eigenvalue weighted by Crippen LogP contribution is 2.36. The van der Waals surface area contributed by atoms with E-state index in [0.717, 1.165) is 19.0 Å². The summed E-state index contributed by atoms with van der Waals surface area (Å²) in [4.78, 5) is 15.5. The molecule has 2 heterocycles. The normalized spacial score (nSPS) is 20.9. The second-order valence-corrected chi connectivity index (χ2v) is 7.26. The monoisotopic (exact) mass is 452 g/mol. The second-order valence-electron chi connectivity index (χ2n) is 5.58. The molecule has 130 valence electrons. The molecule has 1 saturated heterocycles. The Morgan fingerprint density at radius 3 is 2.83 bits per heavy atom. The van der Waals surface area contributed by atoms with Crippen LogP contribution < -0.4 is 16.4 Å². The van der Waals surface area contributed by atoms with Crippen molar-refractivity contribution in [2.75, 3.05) is 18.8 Å². The number of hydrogen-bond acceptors (Lipinski definition) is 4. The summed E-state index contributed by atoms with van der Waals surface area (Å²) >= 11 is 2.01. The third kappa shape index (κ3) is 6.25. The number of furan rings is 1. The molecule has 4 N–H and O–H groups in total. The third-order valence-electron chi connectivity index (χ3n) is 3.57. The number of carbonyl (C=O) groups is 1. The van der Waals surface area contributed by atoms with Gasteiger partial charge in [-0.1, -0.05) is 0 Å². The van der Waals surface area contributed by atoms with Gasteiger partial charge >= 0.3 is 0 Å². The number of hydrogen-bond donors (Lipinski definition) is 3. The number of nitrogens with two attached hydrogens (primary N) is 1. The van der Waals surface area contributed by atoms with Crippen molar-refractivity contribution in [1.82, 2.24) is 10.6 Å². The van der Waals surface area contributed by atoms with Gasteiger partial charge in [0, 0.05) is 17.8 Å². The van der Waals surface area contributed by atoms with Crippen LogP contribution >= 0.6 is 35.7 Å². The first-order valence-electron chi connectivity index (χ1n) is 7.57. The van der Waals surface area contributed by atoms with E-state index in [1.54, 1.807) is 12.1 Å². The number of aliphatic imine (C=N–C) groups is 1. The topological polar surface area (TPSA) is 92.6 Å². The average molecular weight is 452 g/mol. The minimum absolute atomic E-state index is 0. The first kappa shape index (κ1) is 20.1. The van der Waals surface area contributed by atoms with Crippen LogP contribution in [0.25, 0.3) is 0 Å². The van der Waals surface area contributed by atoms with Crippen LogP contribution in [0.15, 0.2) is 21.5 Å². The Morgan fingerprint density at radius 2 is 2.26 bits per heavy atom. The fourth-order valence-corrected chi connectivity index (χ4v) is 3.59. The number of guanidine groups is 1. The number of nitrogens with one attached hydrogen (secondary N) is 2. The number of amides is 1. The fourth-order valence-electron chi connectivity index (χ4n) is 2.34. The Bertz CT molecular complexity index is 541. The molecule has 0 bridgehead atoms. The van der Waals surface area contributed by atoms with Gasteiger partial charge in [-0.3, -0.25) is 4.79 Å². The molecule has 0 radical (unpaired) electrons. The van der Waals surface area contributed by atoms with Crippen LogP contribution in [-0.4, -0.2) is 35.5 Å². The molecular formula is C15H25IN4O2S. The first-order chi connectivity index (χ1) is 10.5. The van der Waals surface area contributed by atoms with Gasteiger partial charge in [0.1, 0.15) is 12.3 Å². The van der Waals surface area contributed by atoms with Crippen LogP contribution in [0.5, 0.6) is 0 Å². The molecule has 0 spiro atoms. The predicted octanol–water partition coefficient (Wildman–Crippen LogP) is 2.34. The van der Waals surface area contributed by atoms with Crippen LogP contribution in [0.3, 0.4) is 0 Å². The summed E-state index contributed by atoms with van der Waals surface area (Å²) < 4.78 is 5.61. The summed E-state index contributed by atoms with van der Waals surface area (Å²) in [6.07, 6.45) is 2.50. The number of halogens is 1. The molecule has 0 aromatic carbocycles. The molecule has 1 aromatic heterocycles.